The van der Waals surface area contributed by atoms with E-state index in [0.717, 1.165) is 12.0 Å². The molecule has 31 heavy (non-hydrogen) atoms. The van der Waals surface area contributed by atoms with E-state index in [1.165, 1.54) is 0 Å². The summed E-state index contributed by atoms with van der Waals surface area (Å²) in [6.45, 7) is 5.26. The van der Waals surface area contributed by atoms with Gasteiger partial charge in [0, 0.05) is 17.8 Å². The number of nitrogens with one attached hydrogen (secondary N) is 2. The lowest BCUT2D eigenvalue weighted by Gasteiger charge is -2.13. The largest absolute Gasteiger partial charge is 0.493 e. The van der Waals surface area contributed by atoms with Gasteiger partial charge in [-0.3, -0.25) is 9.59 Å². The van der Waals surface area contributed by atoms with E-state index in [4.69, 9.17) is 4.74 Å². The van der Waals surface area contributed by atoms with Gasteiger partial charge in [0.25, 0.3) is 11.8 Å². The topological polar surface area (TPSA) is 67.4 Å². The molecule has 160 valence electrons. The maximum Gasteiger partial charge on any atom is 0.259 e. The van der Waals surface area contributed by atoms with Crippen LogP contribution in [0.5, 0.6) is 5.75 Å². The molecule has 0 aliphatic carbocycles. The van der Waals surface area contributed by atoms with Crippen LogP contribution >= 0.6 is 0 Å². The molecule has 5 heteroatoms. The number of hydrogen-bond acceptors (Lipinski definition) is 3. The molecule has 5 nitrogen and oxygen atoms in total. The average Bonchev–Trinajstić information content (AvgIpc) is 2.78. The molecule has 0 saturated heterocycles. The van der Waals surface area contributed by atoms with E-state index in [9.17, 15) is 9.59 Å². The Morgan fingerprint density at radius 1 is 0.871 bits per heavy atom. The molecular formula is C26H28N2O3. The van der Waals surface area contributed by atoms with Crippen molar-refractivity contribution in [1.82, 2.24) is 5.32 Å². The Morgan fingerprint density at radius 3 is 2.39 bits per heavy atom. The van der Waals surface area contributed by atoms with Gasteiger partial charge in [-0.25, -0.2) is 0 Å². The number of rotatable bonds is 9. The van der Waals surface area contributed by atoms with E-state index in [1.807, 2.05) is 36.4 Å². The Hall–Kier alpha value is -3.60. The third-order valence-corrected chi connectivity index (χ3v) is 4.76. The van der Waals surface area contributed by atoms with Crippen LogP contribution in [0, 0.1) is 5.92 Å². The highest BCUT2D eigenvalue weighted by Gasteiger charge is 2.14. The van der Waals surface area contributed by atoms with E-state index in [0.29, 0.717) is 41.6 Å². The molecule has 0 aromatic heterocycles. The zero-order chi connectivity index (χ0) is 22.1. The van der Waals surface area contributed by atoms with Crippen molar-refractivity contribution in [2.75, 3.05) is 11.9 Å². The number of benzene rings is 3. The van der Waals surface area contributed by atoms with Gasteiger partial charge < -0.3 is 15.4 Å². The number of carbonyl (C=O) groups is 2. The summed E-state index contributed by atoms with van der Waals surface area (Å²) in [5, 5.41) is 5.77. The van der Waals surface area contributed by atoms with Crippen molar-refractivity contribution in [3.63, 3.8) is 0 Å². The van der Waals surface area contributed by atoms with Gasteiger partial charge in [-0.15, -0.1) is 0 Å². The molecule has 3 aromatic rings. The summed E-state index contributed by atoms with van der Waals surface area (Å²) in [5.41, 5.74) is 2.52. The second-order valence-corrected chi connectivity index (χ2v) is 7.73. The average molecular weight is 417 g/mol. The predicted molar refractivity (Wildman–Crippen MR) is 123 cm³/mol. The summed E-state index contributed by atoms with van der Waals surface area (Å²) in [6.07, 6.45) is 0.913. The Morgan fingerprint density at radius 2 is 1.61 bits per heavy atom. The minimum Gasteiger partial charge on any atom is -0.493 e. The van der Waals surface area contributed by atoms with E-state index in [-0.39, 0.29) is 11.8 Å². The highest BCUT2D eigenvalue weighted by molar-refractivity contribution is 6.06. The standard InChI is InChI=1S/C26H28N2O3/c1-19(2)15-16-31-24-14-7-6-13-23(24)26(30)28-22-12-8-11-21(17-22)25(29)27-18-20-9-4-3-5-10-20/h3-14,17,19H,15-16,18H2,1-2H3,(H,27,29)(H,28,30). The summed E-state index contributed by atoms with van der Waals surface area (Å²) in [5.74, 6) is 0.605. The molecule has 2 N–H and O–H groups in total. The first kappa shape index (κ1) is 22.1. The zero-order valence-corrected chi connectivity index (χ0v) is 17.9. The molecule has 3 aromatic carbocycles. The highest BCUT2D eigenvalue weighted by Crippen LogP contribution is 2.21. The number of carbonyl (C=O) groups excluding carboxylic acids is 2. The third-order valence-electron chi connectivity index (χ3n) is 4.76. The Labute approximate surface area is 183 Å². The number of ether oxygens (including phenoxy) is 1. The second-order valence-electron chi connectivity index (χ2n) is 7.73. The van der Waals surface area contributed by atoms with Crippen LogP contribution in [0.1, 0.15) is 46.5 Å². The summed E-state index contributed by atoms with van der Waals surface area (Å²) >= 11 is 0. The molecule has 0 aliphatic rings. The monoisotopic (exact) mass is 416 g/mol. The fourth-order valence-electron chi connectivity index (χ4n) is 3.00. The van der Waals surface area contributed by atoms with Crippen LogP contribution in [0.3, 0.4) is 0 Å². The Kier molecular flexibility index (Phi) is 7.82. The molecule has 0 radical (unpaired) electrons. The quantitative estimate of drug-likeness (QED) is 0.498. The fourth-order valence-corrected chi connectivity index (χ4v) is 3.00. The van der Waals surface area contributed by atoms with Crippen LogP contribution in [0.4, 0.5) is 5.69 Å². The second kappa shape index (κ2) is 11.0. The van der Waals surface area contributed by atoms with Crippen molar-refractivity contribution in [1.29, 1.82) is 0 Å². The van der Waals surface area contributed by atoms with E-state index in [2.05, 4.69) is 24.5 Å². The smallest absolute Gasteiger partial charge is 0.259 e. The Balaban J connectivity index is 1.64. The van der Waals surface area contributed by atoms with Crippen LogP contribution in [-0.4, -0.2) is 18.4 Å². The number of para-hydroxylation sites is 1. The van der Waals surface area contributed by atoms with Gasteiger partial charge in [-0.1, -0.05) is 62.4 Å². The number of amides is 2. The molecule has 0 unspecified atom stereocenters. The van der Waals surface area contributed by atoms with Crippen molar-refractivity contribution in [2.24, 2.45) is 5.92 Å². The van der Waals surface area contributed by atoms with Crippen molar-refractivity contribution < 1.29 is 14.3 Å². The van der Waals surface area contributed by atoms with Crippen molar-refractivity contribution in [3.05, 3.63) is 95.6 Å². The SMILES string of the molecule is CC(C)CCOc1ccccc1C(=O)Nc1cccc(C(=O)NCc2ccccc2)c1. The summed E-state index contributed by atoms with van der Waals surface area (Å²) < 4.78 is 5.82. The molecule has 0 saturated carbocycles. The Bertz CT molecular complexity index is 1020. The fraction of sp³-hybridized carbons (Fsp3) is 0.231. The van der Waals surface area contributed by atoms with E-state index >= 15 is 0 Å². The first-order valence-corrected chi connectivity index (χ1v) is 10.5. The number of anilines is 1. The summed E-state index contributed by atoms with van der Waals surface area (Å²) in [7, 11) is 0. The number of hydrogen-bond donors (Lipinski definition) is 2. The van der Waals surface area contributed by atoms with Gasteiger partial charge in [0.2, 0.25) is 0 Å². The van der Waals surface area contributed by atoms with Crippen LogP contribution in [-0.2, 0) is 6.54 Å². The molecule has 0 atom stereocenters. The summed E-state index contributed by atoms with van der Waals surface area (Å²) in [4.78, 5) is 25.3. The first-order chi connectivity index (χ1) is 15.0. The molecule has 0 aliphatic heterocycles. The van der Waals surface area contributed by atoms with Crippen LogP contribution in [0.2, 0.25) is 0 Å². The van der Waals surface area contributed by atoms with Crippen LogP contribution < -0.4 is 15.4 Å². The summed E-state index contributed by atoms with van der Waals surface area (Å²) in [6, 6.07) is 23.8. The molecule has 0 spiro atoms. The van der Waals surface area contributed by atoms with Crippen molar-refractivity contribution in [3.8, 4) is 5.75 Å². The zero-order valence-electron chi connectivity index (χ0n) is 17.9. The lowest BCUT2D eigenvalue weighted by molar-refractivity contribution is 0.0949. The molecule has 2 amide bonds. The van der Waals surface area contributed by atoms with Gasteiger partial charge in [0.15, 0.2) is 0 Å². The molecule has 0 heterocycles. The minimum absolute atomic E-state index is 0.197. The lowest BCUT2D eigenvalue weighted by atomic mass is 10.1. The van der Waals surface area contributed by atoms with Crippen molar-refractivity contribution in [2.45, 2.75) is 26.8 Å². The first-order valence-electron chi connectivity index (χ1n) is 10.5. The normalized spacial score (nSPS) is 10.5. The van der Waals surface area contributed by atoms with Gasteiger partial charge >= 0.3 is 0 Å². The van der Waals surface area contributed by atoms with Crippen molar-refractivity contribution >= 4 is 17.5 Å². The highest BCUT2D eigenvalue weighted by atomic mass is 16.5. The molecule has 3 rings (SSSR count). The van der Waals surface area contributed by atoms with Gasteiger partial charge in [0.1, 0.15) is 5.75 Å². The van der Waals surface area contributed by atoms with E-state index < -0.39 is 0 Å². The predicted octanol–water partition coefficient (Wildman–Crippen LogP) is 5.29. The maximum atomic E-state index is 12.8. The van der Waals surface area contributed by atoms with Crippen LogP contribution in [0.15, 0.2) is 78.9 Å². The molecule has 0 fully saturated rings. The van der Waals surface area contributed by atoms with E-state index in [1.54, 1.807) is 42.5 Å². The molecule has 0 bridgehead atoms. The maximum absolute atomic E-state index is 12.8. The molecular weight excluding hydrogens is 388 g/mol. The minimum atomic E-state index is -0.276. The van der Waals surface area contributed by atoms with Gasteiger partial charge in [-0.05, 0) is 48.2 Å². The van der Waals surface area contributed by atoms with Gasteiger partial charge in [-0.2, -0.15) is 0 Å². The third kappa shape index (κ3) is 6.71. The lowest BCUT2D eigenvalue weighted by Crippen LogP contribution is -2.23. The van der Waals surface area contributed by atoms with Gasteiger partial charge in [0.05, 0.1) is 12.2 Å². The van der Waals surface area contributed by atoms with Crippen LogP contribution in [0.25, 0.3) is 0 Å².